The summed E-state index contributed by atoms with van der Waals surface area (Å²) in [6.07, 6.45) is 1.10. The highest BCUT2D eigenvalue weighted by atomic mass is 35.5. The average molecular weight is 380 g/mol. The van der Waals surface area contributed by atoms with Crippen LogP contribution in [-0.4, -0.2) is 17.6 Å². The van der Waals surface area contributed by atoms with Crippen LogP contribution < -0.4 is 10.5 Å². The zero-order chi connectivity index (χ0) is 19.1. The Kier molecular flexibility index (Phi) is 7.42. The van der Waals surface area contributed by atoms with Crippen molar-refractivity contribution < 1.29 is 19.0 Å². The predicted octanol–water partition coefficient (Wildman–Crippen LogP) is 4.64. The van der Waals surface area contributed by atoms with Crippen molar-refractivity contribution in [3.63, 3.8) is 0 Å². The molecule has 0 aromatic heterocycles. The Morgan fingerprint density at radius 2 is 1.96 bits per heavy atom. The third kappa shape index (κ3) is 5.44. The van der Waals surface area contributed by atoms with Crippen molar-refractivity contribution in [3.8, 4) is 11.5 Å². The van der Waals surface area contributed by atoms with E-state index in [0.717, 1.165) is 0 Å². The maximum Gasteiger partial charge on any atom is 0.217 e. The molecule has 2 aromatic rings. The van der Waals surface area contributed by atoms with Crippen molar-refractivity contribution in [1.82, 2.24) is 0 Å². The number of nitrogens with two attached hydrogens (primary N) is 1. The zero-order valence-electron chi connectivity index (χ0n) is 14.6. The number of aliphatic hydroxyl groups is 1. The SMILES string of the molecule is C[C@H](CC(N)=O)C[C@H](CCO)c1ccc(Cl)c(Oc2ccccc2)c1F. The van der Waals surface area contributed by atoms with Crippen molar-refractivity contribution >= 4 is 17.5 Å². The Balaban J connectivity index is 2.31. The van der Waals surface area contributed by atoms with E-state index >= 15 is 4.39 Å². The van der Waals surface area contributed by atoms with Crippen molar-refractivity contribution in [2.75, 3.05) is 6.61 Å². The van der Waals surface area contributed by atoms with Gasteiger partial charge in [-0.2, -0.15) is 0 Å². The summed E-state index contributed by atoms with van der Waals surface area (Å²) in [7, 11) is 0. The molecule has 0 radical (unpaired) electrons. The van der Waals surface area contributed by atoms with Crippen LogP contribution in [0, 0.1) is 11.7 Å². The van der Waals surface area contributed by atoms with Crippen LogP contribution in [0.15, 0.2) is 42.5 Å². The van der Waals surface area contributed by atoms with E-state index in [-0.39, 0.29) is 35.6 Å². The molecule has 0 aliphatic rings. The molecule has 0 unspecified atom stereocenters. The van der Waals surface area contributed by atoms with Crippen LogP contribution in [0.2, 0.25) is 5.02 Å². The van der Waals surface area contributed by atoms with Gasteiger partial charge in [0.05, 0.1) is 5.02 Å². The van der Waals surface area contributed by atoms with Crippen LogP contribution in [0.3, 0.4) is 0 Å². The Labute approximate surface area is 157 Å². The highest BCUT2D eigenvalue weighted by Gasteiger charge is 2.23. The van der Waals surface area contributed by atoms with Gasteiger partial charge in [-0.15, -0.1) is 0 Å². The fourth-order valence-corrected chi connectivity index (χ4v) is 3.22. The number of ether oxygens (including phenoxy) is 1. The van der Waals surface area contributed by atoms with Gasteiger partial charge in [-0.3, -0.25) is 4.79 Å². The number of aliphatic hydroxyl groups excluding tert-OH is 1. The molecule has 0 heterocycles. The lowest BCUT2D eigenvalue weighted by molar-refractivity contribution is -0.118. The van der Waals surface area contributed by atoms with Gasteiger partial charge in [0, 0.05) is 13.0 Å². The average Bonchev–Trinajstić information content (AvgIpc) is 2.58. The molecule has 0 bridgehead atoms. The lowest BCUT2D eigenvalue weighted by atomic mass is 9.85. The number of primary amides is 1. The Morgan fingerprint density at radius 1 is 1.27 bits per heavy atom. The number of amides is 1. The van der Waals surface area contributed by atoms with Crippen LogP contribution in [-0.2, 0) is 4.79 Å². The van der Waals surface area contributed by atoms with Gasteiger partial charge in [0.15, 0.2) is 11.6 Å². The van der Waals surface area contributed by atoms with Gasteiger partial charge in [-0.1, -0.05) is 42.8 Å². The molecule has 0 fully saturated rings. The molecule has 4 nitrogen and oxygen atoms in total. The summed E-state index contributed by atoms with van der Waals surface area (Å²) in [5.41, 5.74) is 5.65. The molecule has 6 heteroatoms. The molecule has 2 atom stereocenters. The summed E-state index contributed by atoms with van der Waals surface area (Å²) < 4.78 is 20.8. The van der Waals surface area contributed by atoms with E-state index in [0.29, 0.717) is 24.2 Å². The molecular formula is C20H23ClFNO3. The van der Waals surface area contributed by atoms with E-state index in [2.05, 4.69) is 0 Å². The minimum atomic E-state index is -0.550. The Hall–Kier alpha value is -2.11. The summed E-state index contributed by atoms with van der Waals surface area (Å²) >= 11 is 6.13. The molecular weight excluding hydrogens is 357 g/mol. The van der Waals surface area contributed by atoms with E-state index in [1.807, 2.05) is 13.0 Å². The monoisotopic (exact) mass is 379 g/mol. The first-order chi connectivity index (χ1) is 12.4. The second-order valence-electron chi connectivity index (χ2n) is 6.42. The molecule has 0 saturated heterocycles. The third-order valence-electron chi connectivity index (χ3n) is 4.20. The van der Waals surface area contributed by atoms with Crippen molar-refractivity contribution in [2.45, 2.75) is 32.1 Å². The Morgan fingerprint density at radius 3 is 2.58 bits per heavy atom. The number of halogens is 2. The van der Waals surface area contributed by atoms with E-state index < -0.39 is 11.7 Å². The molecule has 140 valence electrons. The minimum Gasteiger partial charge on any atom is -0.453 e. The standard InChI is InChI=1S/C20H23ClFNO3/c1-13(12-18(23)25)11-14(9-10-24)16-7-8-17(21)20(19(16)22)26-15-5-3-2-4-6-15/h2-8,13-14,24H,9-12H2,1H3,(H2,23,25)/t13-,14-/m0/s1. The number of carbonyl (C=O) groups excluding carboxylic acids is 1. The zero-order valence-corrected chi connectivity index (χ0v) is 15.4. The van der Waals surface area contributed by atoms with Crippen LogP contribution in [0.25, 0.3) is 0 Å². The second-order valence-corrected chi connectivity index (χ2v) is 6.82. The highest BCUT2D eigenvalue weighted by molar-refractivity contribution is 6.32. The van der Waals surface area contributed by atoms with Gasteiger partial charge >= 0.3 is 0 Å². The summed E-state index contributed by atoms with van der Waals surface area (Å²) in [5, 5.41) is 9.54. The molecule has 1 amide bonds. The first-order valence-electron chi connectivity index (χ1n) is 8.52. The van der Waals surface area contributed by atoms with Crippen molar-refractivity contribution in [1.29, 1.82) is 0 Å². The van der Waals surface area contributed by atoms with E-state index in [1.165, 1.54) is 0 Å². The minimum absolute atomic E-state index is 0.0300. The number of hydrogen-bond acceptors (Lipinski definition) is 3. The van der Waals surface area contributed by atoms with Gasteiger partial charge in [0.2, 0.25) is 5.91 Å². The third-order valence-corrected chi connectivity index (χ3v) is 4.49. The number of para-hydroxylation sites is 1. The van der Waals surface area contributed by atoms with Gasteiger partial charge < -0.3 is 15.6 Å². The van der Waals surface area contributed by atoms with Gasteiger partial charge in [0.1, 0.15) is 5.75 Å². The first-order valence-corrected chi connectivity index (χ1v) is 8.90. The first kappa shape index (κ1) is 20.2. The molecule has 26 heavy (non-hydrogen) atoms. The number of benzene rings is 2. The number of rotatable bonds is 9. The normalized spacial score (nSPS) is 13.2. The predicted molar refractivity (Wildman–Crippen MR) is 100.0 cm³/mol. The smallest absolute Gasteiger partial charge is 0.217 e. The van der Waals surface area contributed by atoms with Crippen molar-refractivity contribution in [3.05, 3.63) is 58.9 Å². The lowest BCUT2D eigenvalue weighted by Crippen LogP contribution is -2.17. The lowest BCUT2D eigenvalue weighted by Gasteiger charge is -2.22. The second kappa shape index (κ2) is 9.55. The summed E-state index contributed by atoms with van der Waals surface area (Å²) in [5.74, 6) is -0.814. The molecule has 0 aliphatic heterocycles. The molecule has 0 saturated carbocycles. The van der Waals surface area contributed by atoms with E-state index in [4.69, 9.17) is 22.1 Å². The van der Waals surface area contributed by atoms with Crippen LogP contribution in [0.4, 0.5) is 4.39 Å². The number of carbonyl (C=O) groups is 1. The summed E-state index contributed by atoms with van der Waals surface area (Å²) in [4.78, 5) is 11.1. The Bertz CT molecular complexity index is 739. The van der Waals surface area contributed by atoms with Gasteiger partial charge in [-0.25, -0.2) is 4.39 Å². The number of hydrogen-bond donors (Lipinski definition) is 2. The molecule has 3 N–H and O–H groups in total. The van der Waals surface area contributed by atoms with Crippen LogP contribution in [0.1, 0.15) is 37.7 Å². The molecule has 2 aromatic carbocycles. The molecule has 2 rings (SSSR count). The summed E-state index contributed by atoms with van der Waals surface area (Å²) in [6, 6.07) is 12.0. The van der Waals surface area contributed by atoms with Gasteiger partial charge in [0.25, 0.3) is 0 Å². The van der Waals surface area contributed by atoms with E-state index in [9.17, 15) is 9.90 Å². The quantitative estimate of drug-likeness (QED) is 0.666. The maximum atomic E-state index is 15.1. The largest absolute Gasteiger partial charge is 0.453 e. The fourth-order valence-electron chi connectivity index (χ4n) is 3.03. The van der Waals surface area contributed by atoms with E-state index in [1.54, 1.807) is 36.4 Å². The maximum absolute atomic E-state index is 15.1. The fraction of sp³-hybridized carbons (Fsp3) is 0.350. The van der Waals surface area contributed by atoms with Crippen LogP contribution >= 0.6 is 11.6 Å². The topological polar surface area (TPSA) is 72.6 Å². The molecule has 0 spiro atoms. The molecule has 0 aliphatic carbocycles. The van der Waals surface area contributed by atoms with Crippen LogP contribution in [0.5, 0.6) is 11.5 Å². The summed E-state index contributed by atoms with van der Waals surface area (Å²) in [6.45, 7) is 1.79. The van der Waals surface area contributed by atoms with Crippen molar-refractivity contribution in [2.24, 2.45) is 11.7 Å². The highest BCUT2D eigenvalue weighted by Crippen LogP contribution is 2.39. The van der Waals surface area contributed by atoms with Gasteiger partial charge in [-0.05, 0) is 48.4 Å².